The maximum Gasteiger partial charge on any atom is 0.200 e. The zero-order chi connectivity index (χ0) is 15.7. The maximum atomic E-state index is 13.6. The highest BCUT2D eigenvalue weighted by atomic mass is 35.5. The smallest absolute Gasteiger partial charge is 0.200 e. The minimum Gasteiger partial charge on any atom is -0.380 e. The Morgan fingerprint density at radius 3 is 2.05 bits per heavy atom. The largest absolute Gasteiger partial charge is 0.380 e. The molecule has 1 unspecified atom stereocenters. The first-order valence-electron chi connectivity index (χ1n) is 5.65. The molecule has 2 aromatic rings. The number of Topliss-reactive ketones (excluding diaryl/α,β-unsaturated/α-hetero) is 1. The van der Waals surface area contributed by atoms with E-state index in [1.54, 1.807) is 6.07 Å². The van der Waals surface area contributed by atoms with Crippen molar-refractivity contribution in [2.24, 2.45) is 0 Å². The highest BCUT2D eigenvalue weighted by molar-refractivity contribution is 6.34. The van der Waals surface area contributed by atoms with E-state index >= 15 is 0 Å². The van der Waals surface area contributed by atoms with Crippen molar-refractivity contribution in [1.82, 2.24) is 0 Å². The van der Waals surface area contributed by atoms with Crippen molar-refractivity contribution in [2.75, 3.05) is 0 Å². The van der Waals surface area contributed by atoms with Crippen molar-refractivity contribution in [1.29, 1.82) is 0 Å². The monoisotopic (exact) mass is 318 g/mol. The number of hydrogen-bond acceptors (Lipinski definition) is 2. The van der Waals surface area contributed by atoms with Gasteiger partial charge in [0.1, 0.15) is 6.10 Å². The molecule has 0 aliphatic carbocycles. The lowest BCUT2D eigenvalue weighted by molar-refractivity contribution is 0.0741. The number of halogens is 5. The van der Waals surface area contributed by atoms with E-state index in [9.17, 15) is 27.5 Å². The Balaban J connectivity index is 2.55. The number of benzene rings is 2. The van der Waals surface area contributed by atoms with Gasteiger partial charge in [0, 0.05) is 0 Å². The first-order valence-corrected chi connectivity index (χ1v) is 6.02. The van der Waals surface area contributed by atoms with Crippen LogP contribution in [0.5, 0.6) is 0 Å². The van der Waals surface area contributed by atoms with Gasteiger partial charge in [-0.1, -0.05) is 41.9 Å². The van der Waals surface area contributed by atoms with Crippen LogP contribution in [0.4, 0.5) is 17.6 Å². The molecular weight excluding hydrogens is 312 g/mol. The Labute approximate surface area is 121 Å². The lowest BCUT2D eigenvalue weighted by atomic mass is 9.99. The highest BCUT2D eigenvalue weighted by Gasteiger charge is 2.31. The number of aliphatic hydroxyl groups is 1. The number of ketones is 1. The Morgan fingerprint density at radius 2 is 1.48 bits per heavy atom. The SMILES string of the molecule is O=C(c1c(F)c(F)c(F)c(F)c1Cl)C(O)c1ccccc1. The molecule has 0 amide bonds. The third-order valence-corrected chi connectivity index (χ3v) is 3.17. The second-order valence-electron chi connectivity index (χ2n) is 4.12. The van der Waals surface area contributed by atoms with Crippen LogP contribution in [0.3, 0.4) is 0 Å². The molecule has 0 saturated carbocycles. The zero-order valence-corrected chi connectivity index (χ0v) is 11.0. The summed E-state index contributed by atoms with van der Waals surface area (Å²) in [4.78, 5) is 12.0. The van der Waals surface area contributed by atoms with E-state index in [0.29, 0.717) is 0 Å². The lowest BCUT2D eigenvalue weighted by Gasteiger charge is -2.13. The predicted molar refractivity (Wildman–Crippen MR) is 67.0 cm³/mol. The highest BCUT2D eigenvalue weighted by Crippen LogP contribution is 2.31. The van der Waals surface area contributed by atoms with Crippen LogP contribution in [0.1, 0.15) is 22.0 Å². The van der Waals surface area contributed by atoms with Gasteiger partial charge in [0.2, 0.25) is 0 Å². The van der Waals surface area contributed by atoms with E-state index in [-0.39, 0.29) is 5.56 Å². The van der Waals surface area contributed by atoms with Gasteiger partial charge < -0.3 is 5.11 Å². The Kier molecular flexibility index (Phi) is 4.29. The second-order valence-corrected chi connectivity index (χ2v) is 4.50. The summed E-state index contributed by atoms with van der Waals surface area (Å²) < 4.78 is 53.1. The summed E-state index contributed by atoms with van der Waals surface area (Å²) in [6.45, 7) is 0. The summed E-state index contributed by atoms with van der Waals surface area (Å²) in [5, 5.41) is 8.61. The van der Waals surface area contributed by atoms with Crippen molar-refractivity contribution in [2.45, 2.75) is 6.10 Å². The summed E-state index contributed by atoms with van der Waals surface area (Å²) in [6.07, 6.45) is -1.89. The van der Waals surface area contributed by atoms with Crippen LogP contribution in [-0.4, -0.2) is 10.9 Å². The molecule has 0 aromatic heterocycles. The quantitative estimate of drug-likeness (QED) is 0.404. The van der Waals surface area contributed by atoms with Gasteiger partial charge in [-0.3, -0.25) is 4.79 Å². The van der Waals surface area contributed by atoms with Gasteiger partial charge in [0.05, 0.1) is 10.6 Å². The third kappa shape index (κ3) is 2.64. The van der Waals surface area contributed by atoms with E-state index in [2.05, 4.69) is 0 Å². The Morgan fingerprint density at radius 1 is 0.952 bits per heavy atom. The number of aliphatic hydroxyl groups excluding tert-OH is 1. The molecule has 2 rings (SSSR count). The molecule has 2 nitrogen and oxygen atoms in total. The van der Waals surface area contributed by atoms with Crippen molar-refractivity contribution >= 4 is 17.4 Å². The minimum absolute atomic E-state index is 0.0723. The third-order valence-electron chi connectivity index (χ3n) is 2.82. The molecular formula is C14H7ClF4O2. The molecule has 0 radical (unpaired) electrons. The number of carbonyl (C=O) groups is 1. The Hall–Kier alpha value is -1.92. The summed E-state index contributed by atoms with van der Waals surface area (Å²) in [6, 6.07) is 7.30. The molecule has 0 heterocycles. The van der Waals surface area contributed by atoms with Crippen LogP contribution < -0.4 is 0 Å². The standard InChI is InChI=1S/C14H7ClF4O2/c15-8-7(9(16)11(18)12(19)10(8)17)14(21)13(20)6-4-2-1-3-5-6/h1-5,13,20H. The van der Waals surface area contributed by atoms with Crippen LogP contribution >= 0.6 is 11.6 Å². The molecule has 1 N–H and O–H groups in total. The van der Waals surface area contributed by atoms with E-state index in [0.717, 1.165) is 0 Å². The molecule has 0 fully saturated rings. The molecule has 0 saturated heterocycles. The molecule has 0 bridgehead atoms. The van der Waals surface area contributed by atoms with E-state index in [1.165, 1.54) is 24.3 Å². The van der Waals surface area contributed by atoms with Crippen molar-refractivity contribution in [3.63, 3.8) is 0 Å². The van der Waals surface area contributed by atoms with Gasteiger partial charge >= 0.3 is 0 Å². The van der Waals surface area contributed by atoms with Crippen LogP contribution in [0, 0.1) is 23.3 Å². The number of carbonyl (C=O) groups excluding carboxylic acids is 1. The van der Waals surface area contributed by atoms with Crippen molar-refractivity contribution in [3.05, 3.63) is 69.8 Å². The van der Waals surface area contributed by atoms with Gasteiger partial charge in [-0.05, 0) is 5.56 Å². The van der Waals surface area contributed by atoms with Crippen LogP contribution in [0.2, 0.25) is 5.02 Å². The molecule has 110 valence electrons. The lowest BCUT2D eigenvalue weighted by Crippen LogP contribution is -2.17. The number of rotatable bonds is 3. The Bertz CT molecular complexity index is 675. The molecule has 1 atom stereocenters. The van der Waals surface area contributed by atoms with E-state index < -0.39 is 45.7 Å². The average Bonchev–Trinajstić information content (AvgIpc) is 2.51. The fourth-order valence-electron chi connectivity index (χ4n) is 1.74. The van der Waals surface area contributed by atoms with Crippen molar-refractivity contribution < 1.29 is 27.5 Å². The fourth-order valence-corrected chi connectivity index (χ4v) is 2.00. The molecule has 2 aromatic carbocycles. The molecule has 0 aliphatic heterocycles. The van der Waals surface area contributed by atoms with Crippen LogP contribution in [0.15, 0.2) is 30.3 Å². The summed E-state index contributed by atoms with van der Waals surface area (Å²) in [7, 11) is 0. The topological polar surface area (TPSA) is 37.3 Å². The van der Waals surface area contributed by atoms with Crippen LogP contribution in [0.25, 0.3) is 0 Å². The van der Waals surface area contributed by atoms with Crippen LogP contribution in [-0.2, 0) is 0 Å². The fraction of sp³-hybridized carbons (Fsp3) is 0.0714. The van der Waals surface area contributed by atoms with Gasteiger partial charge in [-0.15, -0.1) is 0 Å². The van der Waals surface area contributed by atoms with Gasteiger partial charge in [0.25, 0.3) is 0 Å². The first kappa shape index (κ1) is 15.5. The second kappa shape index (κ2) is 5.83. The summed E-state index contributed by atoms with van der Waals surface area (Å²) >= 11 is 5.35. The molecule has 0 aliphatic rings. The van der Waals surface area contributed by atoms with E-state index in [4.69, 9.17) is 11.6 Å². The minimum atomic E-state index is -2.17. The average molecular weight is 319 g/mol. The predicted octanol–water partition coefficient (Wildman–Crippen LogP) is 3.81. The summed E-state index contributed by atoms with van der Waals surface area (Å²) in [5.41, 5.74) is -1.16. The zero-order valence-electron chi connectivity index (χ0n) is 10.2. The normalized spacial score (nSPS) is 12.3. The first-order chi connectivity index (χ1) is 9.86. The molecule has 0 spiro atoms. The van der Waals surface area contributed by atoms with Gasteiger partial charge in [-0.25, -0.2) is 17.6 Å². The van der Waals surface area contributed by atoms with Crippen molar-refractivity contribution in [3.8, 4) is 0 Å². The molecule has 21 heavy (non-hydrogen) atoms. The maximum absolute atomic E-state index is 13.6. The number of hydrogen-bond donors (Lipinski definition) is 1. The van der Waals surface area contributed by atoms with Gasteiger partial charge in [0.15, 0.2) is 29.1 Å². The van der Waals surface area contributed by atoms with E-state index in [1.807, 2.05) is 0 Å². The molecule has 7 heteroatoms. The summed E-state index contributed by atoms with van der Waals surface area (Å²) in [5.74, 6) is -9.50. The van der Waals surface area contributed by atoms with Gasteiger partial charge in [-0.2, -0.15) is 0 Å².